The molecule has 2 aromatic rings. The minimum Gasteiger partial charge on any atom is -0.353 e. The maximum atomic E-state index is 12.0. The number of carbonyl (C=O) groups excluding carboxylic acids is 1. The number of hydrogen-bond donors (Lipinski definition) is 1. The van der Waals surface area contributed by atoms with Gasteiger partial charge in [0.05, 0.1) is 0 Å². The van der Waals surface area contributed by atoms with Crippen LogP contribution in [0.2, 0.25) is 0 Å². The predicted octanol–water partition coefficient (Wildman–Crippen LogP) is 3.76. The Morgan fingerprint density at radius 1 is 1.22 bits per heavy atom. The van der Waals surface area contributed by atoms with E-state index in [0.29, 0.717) is 6.42 Å². The van der Waals surface area contributed by atoms with Gasteiger partial charge in [-0.3, -0.25) is 9.78 Å². The van der Waals surface area contributed by atoms with Gasteiger partial charge in [0.2, 0.25) is 5.91 Å². The number of carbonyl (C=O) groups is 1. The fourth-order valence-corrected chi connectivity index (χ4v) is 3.25. The lowest BCUT2D eigenvalue weighted by Gasteiger charge is -2.14. The highest BCUT2D eigenvalue weighted by atomic mass is 32.2. The molecule has 1 aromatic heterocycles. The molecule has 3 nitrogen and oxygen atoms in total. The summed E-state index contributed by atoms with van der Waals surface area (Å²) < 4.78 is 0. The summed E-state index contributed by atoms with van der Waals surface area (Å²) in [6.07, 6.45) is 3.13. The van der Waals surface area contributed by atoms with Crippen molar-refractivity contribution in [2.45, 2.75) is 38.5 Å². The Hall–Kier alpha value is -1.81. The Kier molecular flexibility index (Phi) is 7.14. The zero-order valence-electron chi connectivity index (χ0n) is 13.8. The maximum Gasteiger partial charge on any atom is 0.221 e. The summed E-state index contributed by atoms with van der Waals surface area (Å²) in [5.74, 6) is 1.92. The van der Waals surface area contributed by atoms with Gasteiger partial charge in [-0.1, -0.05) is 36.4 Å². The Morgan fingerprint density at radius 2 is 2.00 bits per heavy atom. The van der Waals surface area contributed by atoms with Crippen LogP contribution in [0.15, 0.2) is 48.7 Å². The standard InChI is InChI=1S/C19H24N2OS/c1-15-7-6-11-20-18(15)13-16(2)21-19(22)10-12-23-14-17-8-4-3-5-9-17/h3-9,11,16H,10,12-14H2,1-2H3,(H,21,22)/t16-/m0/s1. The highest BCUT2D eigenvalue weighted by molar-refractivity contribution is 7.98. The SMILES string of the molecule is Cc1cccnc1C[C@H](C)NC(=O)CCSCc1ccccc1. The van der Waals surface area contributed by atoms with Gasteiger partial charge in [-0.05, 0) is 31.0 Å². The highest BCUT2D eigenvalue weighted by Crippen LogP contribution is 2.12. The van der Waals surface area contributed by atoms with Gasteiger partial charge in [0.25, 0.3) is 0 Å². The van der Waals surface area contributed by atoms with E-state index in [0.717, 1.165) is 23.6 Å². The molecule has 0 radical (unpaired) electrons. The van der Waals surface area contributed by atoms with Crippen LogP contribution in [0.3, 0.4) is 0 Å². The molecule has 1 N–H and O–H groups in total. The number of nitrogens with zero attached hydrogens (tertiary/aromatic N) is 1. The molecule has 122 valence electrons. The Morgan fingerprint density at radius 3 is 2.74 bits per heavy atom. The fourth-order valence-electron chi connectivity index (χ4n) is 2.35. The summed E-state index contributed by atoms with van der Waals surface area (Å²) in [6, 6.07) is 14.4. The lowest BCUT2D eigenvalue weighted by atomic mass is 10.1. The van der Waals surface area contributed by atoms with E-state index in [1.165, 1.54) is 11.1 Å². The lowest BCUT2D eigenvalue weighted by molar-refractivity contribution is -0.121. The first kappa shape index (κ1) is 17.5. The average Bonchev–Trinajstić information content (AvgIpc) is 2.55. The quantitative estimate of drug-likeness (QED) is 0.750. The molecule has 0 aliphatic carbocycles. The van der Waals surface area contributed by atoms with Crippen LogP contribution in [0.4, 0.5) is 0 Å². The van der Waals surface area contributed by atoms with Crippen molar-refractivity contribution in [3.63, 3.8) is 0 Å². The first-order valence-corrected chi connectivity index (χ1v) is 9.12. The van der Waals surface area contributed by atoms with E-state index in [9.17, 15) is 4.79 Å². The summed E-state index contributed by atoms with van der Waals surface area (Å²) in [7, 11) is 0. The van der Waals surface area contributed by atoms with Gasteiger partial charge in [-0.25, -0.2) is 0 Å². The molecule has 0 unspecified atom stereocenters. The van der Waals surface area contributed by atoms with Crippen LogP contribution in [0, 0.1) is 6.92 Å². The number of benzene rings is 1. The first-order chi connectivity index (χ1) is 11.1. The number of amides is 1. The van der Waals surface area contributed by atoms with Crippen molar-refractivity contribution in [1.29, 1.82) is 0 Å². The van der Waals surface area contributed by atoms with Crippen LogP contribution in [-0.2, 0) is 17.0 Å². The predicted molar refractivity (Wildman–Crippen MR) is 97.5 cm³/mol. The van der Waals surface area contributed by atoms with E-state index in [-0.39, 0.29) is 11.9 Å². The van der Waals surface area contributed by atoms with Crippen molar-refractivity contribution < 1.29 is 4.79 Å². The molecule has 0 saturated heterocycles. The van der Waals surface area contributed by atoms with Crippen LogP contribution in [-0.4, -0.2) is 22.7 Å². The molecule has 0 bridgehead atoms. The highest BCUT2D eigenvalue weighted by Gasteiger charge is 2.10. The number of thioether (sulfide) groups is 1. The second-order valence-corrected chi connectivity index (χ2v) is 6.83. The molecule has 1 heterocycles. The van der Waals surface area contributed by atoms with Crippen molar-refractivity contribution in [2.75, 3.05) is 5.75 Å². The molecule has 0 aliphatic heterocycles. The molecule has 1 amide bonds. The second-order valence-electron chi connectivity index (χ2n) is 5.73. The number of aromatic nitrogens is 1. The van der Waals surface area contributed by atoms with Gasteiger partial charge >= 0.3 is 0 Å². The van der Waals surface area contributed by atoms with Gasteiger partial charge < -0.3 is 5.32 Å². The van der Waals surface area contributed by atoms with Gasteiger partial charge in [-0.15, -0.1) is 0 Å². The average molecular weight is 328 g/mol. The van der Waals surface area contributed by atoms with Crippen LogP contribution in [0.25, 0.3) is 0 Å². The van der Waals surface area contributed by atoms with E-state index in [1.54, 1.807) is 18.0 Å². The third-order valence-electron chi connectivity index (χ3n) is 3.61. The number of aryl methyl sites for hydroxylation is 1. The normalized spacial score (nSPS) is 11.9. The molecule has 1 aromatic carbocycles. The summed E-state index contributed by atoms with van der Waals surface area (Å²) >= 11 is 1.80. The van der Waals surface area contributed by atoms with Gasteiger partial charge in [-0.2, -0.15) is 11.8 Å². The molecule has 23 heavy (non-hydrogen) atoms. The van der Waals surface area contributed by atoms with Gasteiger partial charge in [0.15, 0.2) is 0 Å². The molecular formula is C19H24N2OS. The van der Waals surface area contributed by atoms with Crippen LogP contribution < -0.4 is 5.32 Å². The summed E-state index contributed by atoms with van der Waals surface area (Å²) in [5, 5.41) is 3.06. The largest absolute Gasteiger partial charge is 0.353 e. The van der Waals surface area contributed by atoms with Gasteiger partial charge in [0.1, 0.15) is 0 Å². The maximum absolute atomic E-state index is 12.0. The monoisotopic (exact) mass is 328 g/mol. The zero-order chi connectivity index (χ0) is 16.5. The fraction of sp³-hybridized carbons (Fsp3) is 0.368. The topological polar surface area (TPSA) is 42.0 Å². The molecule has 0 aliphatic rings. The Balaban J connectivity index is 1.65. The third-order valence-corrected chi connectivity index (χ3v) is 4.64. The molecule has 4 heteroatoms. The van der Waals surface area contributed by atoms with E-state index in [4.69, 9.17) is 0 Å². The van der Waals surface area contributed by atoms with E-state index in [2.05, 4.69) is 35.4 Å². The van der Waals surface area contributed by atoms with Crippen LogP contribution >= 0.6 is 11.8 Å². The van der Waals surface area contributed by atoms with E-state index in [1.807, 2.05) is 31.2 Å². The third kappa shape index (κ3) is 6.45. The number of rotatable bonds is 8. The summed E-state index contributed by atoms with van der Waals surface area (Å²) in [6.45, 7) is 4.08. The summed E-state index contributed by atoms with van der Waals surface area (Å²) in [5.41, 5.74) is 3.53. The molecule has 1 atom stereocenters. The van der Waals surface area contributed by atoms with Crippen molar-refractivity contribution in [3.05, 3.63) is 65.5 Å². The molecule has 0 fully saturated rings. The Labute approximate surface area is 142 Å². The van der Waals surface area contributed by atoms with E-state index < -0.39 is 0 Å². The summed E-state index contributed by atoms with van der Waals surface area (Å²) in [4.78, 5) is 16.4. The second kappa shape index (κ2) is 9.36. The molecule has 2 rings (SSSR count). The molecule has 0 spiro atoms. The zero-order valence-corrected chi connectivity index (χ0v) is 14.6. The number of hydrogen-bond acceptors (Lipinski definition) is 3. The van der Waals surface area contributed by atoms with Gasteiger partial charge in [0, 0.05) is 42.3 Å². The van der Waals surface area contributed by atoms with E-state index >= 15 is 0 Å². The van der Waals surface area contributed by atoms with Crippen LogP contribution in [0.5, 0.6) is 0 Å². The Bertz CT molecular complexity index is 616. The first-order valence-electron chi connectivity index (χ1n) is 7.96. The number of nitrogens with one attached hydrogen (secondary N) is 1. The lowest BCUT2D eigenvalue weighted by Crippen LogP contribution is -2.34. The number of pyridine rings is 1. The van der Waals surface area contributed by atoms with Crippen molar-refractivity contribution in [2.24, 2.45) is 0 Å². The smallest absolute Gasteiger partial charge is 0.221 e. The molecular weight excluding hydrogens is 304 g/mol. The van der Waals surface area contributed by atoms with Crippen molar-refractivity contribution >= 4 is 17.7 Å². The minimum atomic E-state index is 0.107. The molecule has 0 saturated carbocycles. The minimum absolute atomic E-state index is 0.107. The van der Waals surface area contributed by atoms with Crippen molar-refractivity contribution in [1.82, 2.24) is 10.3 Å². The van der Waals surface area contributed by atoms with Crippen LogP contribution in [0.1, 0.15) is 30.2 Å². The van der Waals surface area contributed by atoms with Crippen molar-refractivity contribution in [3.8, 4) is 0 Å².